The number of nitrogens with zero attached hydrogens (tertiary/aromatic N) is 6. The number of nitrogens with one attached hydrogen (secondary N) is 2. The molecule has 0 radical (unpaired) electrons. The van der Waals surface area contributed by atoms with Crippen LogP contribution >= 0.6 is 0 Å². The fourth-order valence-electron chi connectivity index (χ4n) is 4.45. The number of aromatic amines is 1. The van der Waals surface area contributed by atoms with Crippen molar-refractivity contribution in [3.05, 3.63) is 54.5 Å². The van der Waals surface area contributed by atoms with Gasteiger partial charge in [0.05, 0.1) is 35.5 Å². The molecule has 1 aliphatic rings. The summed E-state index contributed by atoms with van der Waals surface area (Å²) < 4.78 is 0. The van der Waals surface area contributed by atoms with Gasteiger partial charge in [-0.3, -0.25) is 19.9 Å². The topological polar surface area (TPSA) is 113 Å². The number of pyridine rings is 2. The lowest BCUT2D eigenvalue weighted by Gasteiger charge is -2.37. The monoisotopic (exact) mass is 442 g/mol. The third-order valence-corrected chi connectivity index (χ3v) is 6.18. The number of likely N-dealkylation sites (tertiary alicyclic amines) is 1. The fraction of sp³-hybridized carbons (Fsp3) is 0.333. The van der Waals surface area contributed by atoms with E-state index in [1.165, 1.54) is 0 Å². The Morgan fingerprint density at radius 2 is 1.94 bits per heavy atom. The van der Waals surface area contributed by atoms with E-state index in [2.05, 4.69) is 32.4 Å². The number of fused-ring (bicyclic) bond motifs is 1. The summed E-state index contributed by atoms with van der Waals surface area (Å²) in [6, 6.07) is 4.16. The highest BCUT2D eigenvalue weighted by Gasteiger charge is 2.30. The van der Waals surface area contributed by atoms with E-state index >= 15 is 0 Å². The third-order valence-electron chi connectivity index (χ3n) is 6.18. The van der Waals surface area contributed by atoms with Gasteiger partial charge in [-0.15, -0.1) is 0 Å². The first-order chi connectivity index (χ1) is 16.0. The minimum Gasteiger partial charge on any atom is -0.340 e. The average molecular weight is 443 g/mol. The number of amides is 1. The first-order valence-corrected chi connectivity index (χ1v) is 11.1. The van der Waals surface area contributed by atoms with Crippen molar-refractivity contribution in [2.24, 2.45) is 0 Å². The van der Waals surface area contributed by atoms with Crippen molar-refractivity contribution >= 4 is 28.3 Å². The average Bonchev–Trinajstić information content (AvgIpc) is 3.28. The number of piperidine rings is 1. The number of anilines is 2. The van der Waals surface area contributed by atoms with Crippen molar-refractivity contribution in [2.75, 3.05) is 11.9 Å². The molecule has 1 amide bonds. The molecule has 0 aromatic carbocycles. The molecular weight excluding hydrogens is 416 g/mol. The number of rotatable bonds is 4. The Bertz CT molecular complexity index is 1320. The van der Waals surface area contributed by atoms with Crippen LogP contribution in [0.4, 0.5) is 11.5 Å². The van der Waals surface area contributed by atoms with Crippen LogP contribution in [0.2, 0.25) is 0 Å². The molecule has 5 rings (SSSR count). The van der Waals surface area contributed by atoms with Gasteiger partial charge in [0.2, 0.25) is 5.91 Å². The maximum atomic E-state index is 12.2. The molecule has 2 atom stereocenters. The molecule has 0 spiro atoms. The van der Waals surface area contributed by atoms with Gasteiger partial charge in [-0.05, 0) is 38.3 Å². The van der Waals surface area contributed by atoms with Gasteiger partial charge < -0.3 is 10.2 Å². The van der Waals surface area contributed by atoms with Crippen LogP contribution in [0, 0.1) is 6.92 Å². The quantitative estimate of drug-likeness (QED) is 0.491. The number of carbonyl (C=O) groups is 1. The highest BCUT2D eigenvalue weighted by atomic mass is 16.2. The molecule has 9 nitrogen and oxygen atoms in total. The van der Waals surface area contributed by atoms with E-state index in [-0.39, 0.29) is 17.9 Å². The first-order valence-electron chi connectivity index (χ1n) is 11.1. The Kier molecular flexibility index (Phi) is 5.45. The molecule has 168 valence electrons. The Morgan fingerprint density at radius 3 is 2.76 bits per heavy atom. The second-order valence-electron chi connectivity index (χ2n) is 8.69. The zero-order chi connectivity index (χ0) is 22.9. The first kappa shape index (κ1) is 21.0. The molecule has 1 saturated heterocycles. The Labute approximate surface area is 191 Å². The maximum absolute atomic E-state index is 12.2. The van der Waals surface area contributed by atoms with Crippen molar-refractivity contribution in [1.82, 2.24) is 35.0 Å². The van der Waals surface area contributed by atoms with E-state index in [1.54, 1.807) is 31.7 Å². The zero-order valence-electron chi connectivity index (χ0n) is 18.9. The van der Waals surface area contributed by atoms with E-state index < -0.39 is 0 Å². The largest absolute Gasteiger partial charge is 0.340 e. The van der Waals surface area contributed by atoms with Crippen LogP contribution in [0.15, 0.2) is 43.1 Å². The Morgan fingerprint density at radius 1 is 1.09 bits per heavy atom. The molecule has 2 unspecified atom stereocenters. The van der Waals surface area contributed by atoms with Gasteiger partial charge in [-0.2, -0.15) is 5.10 Å². The highest BCUT2D eigenvalue weighted by molar-refractivity contribution is 5.92. The lowest BCUT2D eigenvalue weighted by molar-refractivity contribution is -0.132. The van der Waals surface area contributed by atoms with Gasteiger partial charge in [-0.1, -0.05) is 0 Å². The van der Waals surface area contributed by atoms with E-state index in [9.17, 15) is 4.79 Å². The smallest absolute Gasteiger partial charge is 0.219 e. The van der Waals surface area contributed by atoms with Crippen LogP contribution in [-0.4, -0.2) is 53.5 Å². The zero-order valence-corrected chi connectivity index (χ0v) is 18.9. The molecular formula is C24H26N8O. The van der Waals surface area contributed by atoms with E-state index in [1.807, 2.05) is 30.2 Å². The van der Waals surface area contributed by atoms with Crippen LogP contribution in [0.3, 0.4) is 0 Å². The molecule has 4 aromatic rings. The molecule has 9 heteroatoms. The van der Waals surface area contributed by atoms with Crippen molar-refractivity contribution in [1.29, 1.82) is 0 Å². The minimum atomic E-state index is 0.0535. The molecule has 0 aliphatic carbocycles. The number of H-pyrrole nitrogens is 1. The van der Waals surface area contributed by atoms with Crippen molar-refractivity contribution in [2.45, 2.75) is 45.6 Å². The summed E-state index contributed by atoms with van der Waals surface area (Å²) in [5.41, 5.74) is 4.39. The van der Waals surface area contributed by atoms with Crippen molar-refractivity contribution in [3.63, 3.8) is 0 Å². The molecule has 2 N–H and O–H groups in total. The van der Waals surface area contributed by atoms with E-state index in [0.717, 1.165) is 46.3 Å². The summed E-state index contributed by atoms with van der Waals surface area (Å²) in [4.78, 5) is 32.5. The predicted octanol–water partition coefficient (Wildman–Crippen LogP) is 3.98. The molecule has 0 bridgehead atoms. The number of hydrogen-bond donors (Lipinski definition) is 2. The standard InChI is InChI=1S/C24H26N8O/c1-14-6-18(9-25-8-14)28-23-7-21(19-10-26-12-22-20(19)11-27-31-22)29-24(30-23)17-5-4-15(2)32(13-17)16(3)33/h6-12,15,17H,4-5,13H2,1-3H3,(H,27,31)(H,28,29,30). The molecule has 4 aromatic heterocycles. The van der Waals surface area contributed by atoms with Gasteiger partial charge in [0.1, 0.15) is 11.6 Å². The van der Waals surface area contributed by atoms with E-state index in [0.29, 0.717) is 18.2 Å². The lowest BCUT2D eigenvalue weighted by atomic mass is 9.92. The predicted molar refractivity (Wildman–Crippen MR) is 126 cm³/mol. The summed E-state index contributed by atoms with van der Waals surface area (Å²) in [6.45, 7) is 6.33. The Balaban J connectivity index is 1.59. The summed E-state index contributed by atoms with van der Waals surface area (Å²) in [7, 11) is 0. The second kappa shape index (κ2) is 8.57. The maximum Gasteiger partial charge on any atom is 0.219 e. The van der Waals surface area contributed by atoms with Gasteiger partial charge in [0, 0.05) is 54.8 Å². The summed E-state index contributed by atoms with van der Waals surface area (Å²) in [5.74, 6) is 1.53. The summed E-state index contributed by atoms with van der Waals surface area (Å²) >= 11 is 0. The lowest BCUT2D eigenvalue weighted by Crippen LogP contribution is -2.44. The van der Waals surface area contributed by atoms with Gasteiger partial charge in [0.15, 0.2) is 0 Å². The van der Waals surface area contributed by atoms with Gasteiger partial charge in [0.25, 0.3) is 0 Å². The van der Waals surface area contributed by atoms with E-state index in [4.69, 9.17) is 9.97 Å². The summed E-state index contributed by atoms with van der Waals surface area (Å²) in [6.07, 6.45) is 10.8. The number of aromatic nitrogens is 6. The highest BCUT2D eigenvalue weighted by Crippen LogP contribution is 2.33. The van der Waals surface area contributed by atoms with Crippen LogP contribution in [0.5, 0.6) is 0 Å². The fourth-order valence-corrected chi connectivity index (χ4v) is 4.45. The van der Waals surface area contributed by atoms with Crippen molar-refractivity contribution in [3.8, 4) is 11.3 Å². The van der Waals surface area contributed by atoms with Crippen LogP contribution < -0.4 is 5.32 Å². The van der Waals surface area contributed by atoms with Crippen molar-refractivity contribution < 1.29 is 4.79 Å². The number of hydrogen-bond acceptors (Lipinski definition) is 7. The molecule has 33 heavy (non-hydrogen) atoms. The number of aryl methyl sites for hydroxylation is 1. The summed E-state index contributed by atoms with van der Waals surface area (Å²) in [5, 5.41) is 11.5. The Hall–Kier alpha value is -3.88. The van der Waals surface area contributed by atoms with Gasteiger partial charge in [-0.25, -0.2) is 9.97 Å². The van der Waals surface area contributed by atoms with Crippen LogP contribution in [0.25, 0.3) is 22.2 Å². The molecule has 0 saturated carbocycles. The minimum absolute atomic E-state index is 0.0535. The molecule has 5 heterocycles. The normalized spacial score (nSPS) is 18.5. The van der Waals surface area contributed by atoms with Crippen LogP contribution in [0.1, 0.15) is 44.0 Å². The van der Waals surface area contributed by atoms with Gasteiger partial charge >= 0.3 is 0 Å². The van der Waals surface area contributed by atoms with Crippen LogP contribution in [-0.2, 0) is 4.79 Å². The SMILES string of the molecule is CC(=O)N1CC(c2nc(Nc3cncc(C)c3)cc(-c3cncc4[nH]ncc34)n2)CCC1C. The number of carbonyl (C=O) groups excluding carboxylic acids is 1. The third kappa shape index (κ3) is 4.26. The second-order valence-corrected chi connectivity index (χ2v) is 8.69. The molecule has 1 aliphatic heterocycles. The molecule has 1 fully saturated rings.